The van der Waals surface area contributed by atoms with Crippen LogP contribution in [0, 0.1) is 0 Å². The van der Waals surface area contributed by atoms with Gasteiger partial charge < -0.3 is 11.1 Å². The van der Waals surface area contributed by atoms with E-state index >= 15 is 0 Å². The predicted octanol–water partition coefficient (Wildman–Crippen LogP) is 0.258. The molecule has 0 saturated carbocycles. The minimum Gasteiger partial charge on any atom is -0.369 e. The molecule has 1 aromatic heterocycles. The lowest BCUT2D eigenvalue weighted by Gasteiger charge is -2.20. The highest BCUT2D eigenvalue weighted by molar-refractivity contribution is 5.95. The number of aliphatic imine (C=N–C) groups is 1. The quantitative estimate of drug-likeness (QED) is 0.550. The maximum absolute atomic E-state index is 11.4. The average Bonchev–Trinajstić information content (AvgIpc) is 2.08. The van der Waals surface area contributed by atoms with Crippen LogP contribution in [-0.2, 0) is 0 Å². The lowest BCUT2D eigenvalue weighted by Crippen LogP contribution is -2.30. The smallest absolute Gasteiger partial charge is 0.280 e. The minimum absolute atomic E-state index is 0.0798. The van der Waals surface area contributed by atoms with Crippen molar-refractivity contribution in [3.05, 3.63) is 10.4 Å². The maximum atomic E-state index is 11.4. The van der Waals surface area contributed by atoms with E-state index in [0.717, 1.165) is 5.71 Å². The van der Waals surface area contributed by atoms with Gasteiger partial charge in [-0.1, -0.05) is 0 Å². The SMILES string of the molecule is CC1=Nc2c(nc(N)[nH]c2=O)NC1C. The van der Waals surface area contributed by atoms with E-state index in [1.165, 1.54) is 0 Å². The standard InChI is InChI=1S/C8H11N5O/c1-3-4(2)11-6-5(10-3)7(14)13-8(9)12-6/h4H,1-2H3,(H4,9,11,12,13,14). The summed E-state index contributed by atoms with van der Waals surface area (Å²) >= 11 is 0. The van der Waals surface area contributed by atoms with Crippen LogP contribution in [0.3, 0.4) is 0 Å². The molecule has 1 unspecified atom stereocenters. The summed E-state index contributed by atoms with van der Waals surface area (Å²) in [6.07, 6.45) is 0. The molecule has 74 valence electrons. The third-order valence-corrected chi connectivity index (χ3v) is 2.18. The van der Waals surface area contributed by atoms with Crippen LogP contribution in [0.5, 0.6) is 0 Å². The fourth-order valence-corrected chi connectivity index (χ4v) is 1.27. The van der Waals surface area contributed by atoms with Gasteiger partial charge in [-0.3, -0.25) is 9.78 Å². The zero-order valence-corrected chi connectivity index (χ0v) is 7.96. The second-order valence-corrected chi connectivity index (χ2v) is 3.27. The average molecular weight is 193 g/mol. The Morgan fingerprint density at radius 2 is 2.21 bits per heavy atom. The first-order valence-electron chi connectivity index (χ1n) is 4.29. The molecule has 1 aliphatic rings. The lowest BCUT2D eigenvalue weighted by molar-refractivity contribution is 0.977. The number of nitrogens with two attached hydrogens (primary N) is 1. The molecule has 6 heteroatoms. The molecule has 1 atom stereocenters. The molecular weight excluding hydrogens is 182 g/mol. The fraction of sp³-hybridized carbons (Fsp3) is 0.375. The van der Waals surface area contributed by atoms with Crippen LogP contribution in [0.1, 0.15) is 13.8 Å². The highest BCUT2D eigenvalue weighted by atomic mass is 16.1. The normalized spacial score (nSPS) is 19.6. The summed E-state index contributed by atoms with van der Waals surface area (Å²) < 4.78 is 0. The first kappa shape index (κ1) is 8.74. The number of nitrogens with zero attached hydrogens (tertiary/aromatic N) is 2. The molecule has 1 aromatic rings. The van der Waals surface area contributed by atoms with Gasteiger partial charge in [-0.2, -0.15) is 4.98 Å². The van der Waals surface area contributed by atoms with Crippen LogP contribution in [0.15, 0.2) is 9.79 Å². The van der Waals surface area contributed by atoms with Gasteiger partial charge in [0.1, 0.15) is 0 Å². The van der Waals surface area contributed by atoms with Crippen molar-refractivity contribution < 1.29 is 0 Å². The van der Waals surface area contributed by atoms with E-state index in [1.54, 1.807) is 0 Å². The number of hydrogen-bond donors (Lipinski definition) is 3. The van der Waals surface area contributed by atoms with Crippen molar-refractivity contribution in [2.45, 2.75) is 19.9 Å². The summed E-state index contributed by atoms with van der Waals surface area (Å²) in [6, 6.07) is 0.0798. The van der Waals surface area contributed by atoms with Crippen molar-refractivity contribution >= 4 is 23.2 Å². The van der Waals surface area contributed by atoms with E-state index in [0.29, 0.717) is 11.5 Å². The van der Waals surface area contributed by atoms with Gasteiger partial charge in [0, 0.05) is 5.71 Å². The van der Waals surface area contributed by atoms with Crippen molar-refractivity contribution in [3.8, 4) is 0 Å². The highest BCUT2D eigenvalue weighted by Gasteiger charge is 2.19. The number of nitrogen functional groups attached to an aromatic ring is 1. The van der Waals surface area contributed by atoms with Gasteiger partial charge in [-0.05, 0) is 13.8 Å². The summed E-state index contributed by atoms with van der Waals surface area (Å²) in [5, 5.41) is 3.05. The van der Waals surface area contributed by atoms with Gasteiger partial charge in [-0.25, -0.2) is 4.99 Å². The molecule has 0 spiro atoms. The summed E-state index contributed by atoms with van der Waals surface area (Å²) in [7, 11) is 0. The lowest BCUT2D eigenvalue weighted by atomic mass is 10.2. The molecular formula is C8H11N5O. The fourth-order valence-electron chi connectivity index (χ4n) is 1.27. The Hall–Kier alpha value is -1.85. The number of rotatable bonds is 0. The molecule has 2 heterocycles. The number of anilines is 2. The van der Waals surface area contributed by atoms with E-state index in [-0.39, 0.29) is 17.5 Å². The minimum atomic E-state index is -0.314. The number of fused-ring (bicyclic) bond motifs is 1. The van der Waals surface area contributed by atoms with E-state index < -0.39 is 0 Å². The Bertz CT molecular complexity index is 461. The van der Waals surface area contributed by atoms with Gasteiger partial charge >= 0.3 is 0 Å². The largest absolute Gasteiger partial charge is 0.369 e. The summed E-state index contributed by atoms with van der Waals surface area (Å²) in [5.41, 5.74) is 6.25. The van der Waals surface area contributed by atoms with Crippen molar-refractivity contribution in [2.24, 2.45) is 4.99 Å². The Labute approximate surface area is 80.3 Å². The van der Waals surface area contributed by atoms with Crippen molar-refractivity contribution in [1.82, 2.24) is 9.97 Å². The zero-order valence-electron chi connectivity index (χ0n) is 7.96. The van der Waals surface area contributed by atoms with Gasteiger partial charge in [0.25, 0.3) is 5.56 Å². The second-order valence-electron chi connectivity index (χ2n) is 3.27. The van der Waals surface area contributed by atoms with Crippen molar-refractivity contribution in [3.63, 3.8) is 0 Å². The van der Waals surface area contributed by atoms with Crippen LogP contribution in [0.4, 0.5) is 17.5 Å². The number of hydrogen-bond acceptors (Lipinski definition) is 5. The Morgan fingerprint density at radius 3 is 2.93 bits per heavy atom. The van der Waals surface area contributed by atoms with E-state index in [2.05, 4.69) is 20.3 Å². The molecule has 14 heavy (non-hydrogen) atoms. The van der Waals surface area contributed by atoms with Gasteiger partial charge in [0.2, 0.25) is 5.95 Å². The van der Waals surface area contributed by atoms with Gasteiger partial charge in [0.05, 0.1) is 6.04 Å². The summed E-state index contributed by atoms with van der Waals surface area (Å²) in [4.78, 5) is 21.9. The van der Waals surface area contributed by atoms with Gasteiger partial charge in [-0.15, -0.1) is 0 Å². The molecule has 6 nitrogen and oxygen atoms in total. The maximum Gasteiger partial charge on any atom is 0.280 e. The molecule has 0 aromatic carbocycles. The molecule has 0 bridgehead atoms. The predicted molar refractivity (Wildman–Crippen MR) is 55.1 cm³/mol. The topological polar surface area (TPSA) is 96.2 Å². The van der Waals surface area contributed by atoms with Crippen LogP contribution in [0.2, 0.25) is 0 Å². The third kappa shape index (κ3) is 1.24. The molecule has 2 rings (SSSR count). The molecule has 0 fully saturated rings. The zero-order chi connectivity index (χ0) is 10.3. The van der Waals surface area contributed by atoms with Crippen LogP contribution < -0.4 is 16.6 Å². The molecule has 0 saturated heterocycles. The molecule has 0 amide bonds. The number of aromatic nitrogens is 2. The molecule has 4 N–H and O–H groups in total. The third-order valence-electron chi connectivity index (χ3n) is 2.18. The van der Waals surface area contributed by atoms with Crippen LogP contribution in [-0.4, -0.2) is 21.7 Å². The summed E-state index contributed by atoms with van der Waals surface area (Å²) in [5.74, 6) is 0.549. The number of H-pyrrole nitrogens is 1. The van der Waals surface area contributed by atoms with Gasteiger partial charge in [0.15, 0.2) is 11.5 Å². The van der Waals surface area contributed by atoms with Crippen LogP contribution in [0.25, 0.3) is 0 Å². The molecule has 1 aliphatic heterocycles. The Morgan fingerprint density at radius 1 is 1.50 bits per heavy atom. The van der Waals surface area contributed by atoms with E-state index in [4.69, 9.17) is 5.73 Å². The Balaban J connectivity index is 2.66. The number of aromatic amines is 1. The first-order valence-corrected chi connectivity index (χ1v) is 4.29. The Kier molecular flexibility index (Phi) is 1.77. The second kappa shape index (κ2) is 2.83. The van der Waals surface area contributed by atoms with Crippen molar-refractivity contribution in [2.75, 3.05) is 11.1 Å². The van der Waals surface area contributed by atoms with E-state index in [1.807, 2.05) is 13.8 Å². The first-order chi connectivity index (χ1) is 6.58. The van der Waals surface area contributed by atoms with Crippen molar-refractivity contribution in [1.29, 1.82) is 0 Å². The summed E-state index contributed by atoms with van der Waals surface area (Å²) in [6.45, 7) is 3.80. The monoisotopic (exact) mass is 193 g/mol. The highest BCUT2D eigenvalue weighted by Crippen LogP contribution is 2.23. The molecule has 0 aliphatic carbocycles. The number of nitrogens with one attached hydrogen (secondary N) is 2. The van der Waals surface area contributed by atoms with E-state index in [9.17, 15) is 4.79 Å². The van der Waals surface area contributed by atoms with Crippen LogP contribution >= 0.6 is 0 Å². The molecule has 0 radical (unpaired) electrons.